The van der Waals surface area contributed by atoms with Crippen molar-refractivity contribution in [1.82, 2.24) is 0 Å². The van der Waals surface area contributed by atoms with Gasteiger partial charge >= 0.3 is 0 Å². The van der Waals surface area contributed by atoms with E-state index in [9.17, 15) is 4.79 Å². The van der Waals surface area contributed by atoms with Crippen molar-refractivity contribution in [3.8, 4) is 0 Å². The lowest BCUT2D eigenvalue weighted by Gasteiger charge is -2.04. The van der Waals surface area contributed by atoms with Gasteiger partial charge in [0.2, 0.25) is 0 Å². The van der Waals surface area contributed by atoms with Crippen LogP contribution in [-0.4, -0.2) is 5.78 Å². The van der Waals surface area contributed by atoms with Crippen LogP contribution in [0.1, 0.15) is 30.1 Å². The summed E-state index contributed by atoms with van der Waals surface area (Å²) in [6, 6.07) is 13.9. The standard InChI is InChI=1S/C16H16O/c1-3-12(2)10-16(17)15-9-8-13-6-4-5-7-14(13)11-15/h4-9,11H,2-3,10H2,1H3. The van der Waals surface area contributed by atoms with Crippen LogP contribution >= 0.6 is 0 Å². The number of benzene rings is 2. The molecule has 0 saturated carbocycles. The lowest BCUT2D eigenvalue weighted by atomic mass is 10.00. The molecule has 0 heterocycles. The van der Waals surface area contributed by atoms with E-state index in [1.807, 2.05) is 43.3 Å². The first-order chi connectivity index (χ1) is 8.20. The van der Waals surface area contributed by atoms with Crippen molar-refractivity contribution in [1.29, 1.82) is 0 Å². The topological polar surface area (TPSA) is 17.1 Å². The van der Waals surface area contributed by atoms with Gasteiger partial charge in [-0.05, 0) is 23.3 Å². The van der Waals surface area contributed by atoms with Gasteiger partial charge in [0.1, 0.15) is 0 Å². The maximum Gasteiger partial charge on any atom is 0.166 e. The fourth-order valence-corrected chi connectivity index (χ4v) is 1.82. The third-order valence-electron chi connectivity index (χ3n) is 2.98. The second kappa shape index (κ2) is 4.96. The zero-order valence-corrected chi connectivity index (χ0v) is 10.1. The van der Waals surface area contributed by atoms with Crippen LogP contribution in [0.5, 0.6) is 0 Å². The largest absolute Gasteiger partial charge is 0.294 e. The summed E-state index contributed by atoms with van der Waals surface area (Å²) in [5, 5.41) is 2.28. The highest BCUT2D eigenvalue weighted by molar-refractivity contribution is 6.00. The average Bonchev–Trinajstić information content (AvgIpc) is 2.38. The van der Waals surface area contributed by atoms with Gasteiger partial charge in [-0.15, -0.1) is 0 Å². The maximum atomic E-state index is 12.0. The van der Waals surface area contributed by atoms with E-state index in [2.05, 4.69) is 12.6 Å². The van der Waals surface area contributed by atoms with E-state index in [4.69, 9.17) is 0 Å². The number of Topliss-reactive ketones (excluding diaryl/α,β-unsaturated/α-hetero) is 1. The van der Waals surface area contributed by atoms with Crippen LogP contribution in [0.15, 0.2) is 54.6 Å². The third-order valence-corrected chi connectivity index (χ3v) is 2.98. The van der Waals surface area contributed by atoms with Crippen LogP contribution in [0, 0.1) is 0 Å². The Morgan fingerprint density at radius 1 is 1.12 bits per heavy atom. The predicted octanol–water partition coefficient (Wildman–Crippen LogP) is 4.38. The van der Waals surface area contributed by atoms with E-state index in [0.29, 0.717) is 6.42 Å². The average molecular weight is 224 g/mol. The highest BCUT2D eigenvalue weighted by Crippen LogP contribution is 2.18. The summed E-state index contributed by atoms with van der Waals surface area (Å²) in [5.41, 5.74) is 1.77. The van der Waals surface area contributed by atoms with Crippen molar-refractivity contribution in [2.45, 2.75) is 19.8 Å². The molecule has 0 aliphatic carbocycles. The van der Waals surface area contributed by atoms with Crippen molar-refractivity contribution >= 4 is 16.6 Å². The molecule has 1 heteroatoms. The predicted molar refractivity (Wildman–Crippen MR) is 72.3 cm³/mol. The number of ketones is 1. The molecule has 2 rings (SSSR count). The lowest BCUT2D eigenvalue weighted by Crippen LogP contribution is -1.99. The molecule has 0 amide bonds. The van der Waals surface area contributed by atoms with Gasteiger partial charge in [-0.2, -0.15) is 0 Å². The minimum atomic E-state index is 0.155. The minimum absolute atomic E-state index is 0.155. The molecule has 0 bridgehead atoms. The molecular weight excluding hydrogens is 208 g/mol. The zero-order valence-electron chi connectivity index (χ0n) is 10.1. The van der Waals surface area contributed by atoms with Crippen LogP contribution in [0.25, 0.3) is 10.8 Å². The van der Waals surface area contributed by atoms with E-state index < -0.39 is 0 Å². The van der Waals surface area contributed by atoms with E-state index in [1.165, 1.54) is 5.39 Å². The second-order valence-electron chi connectivity index (χ2n) is 4.27. The number of hydrogen-bond donors (Lipinski definition) is 0. The summed E-state index contributed by atoms with van der Waals surface area (Å²) in [6.07, 6.45) is 1.31. The van der Waals surface area contributed by atoms with Crippen molar-refractivity contribution in [3.05, 3.63) is 60.2 Å². The van der Waals surface area contributed by atoms with E-state index in [0.717, 1.165) is 22.9 Å². The summed E-state index contributed by atoms with van der Waals surface area (Å²) < 4.78 is 0. The first-order valence-electron chi connectivity index (χ1n) is 5.89. The minimum Gasteiger partial charge on any atom is -0.294 e. The molecular formula is C16H16O. The van der Waals surface area contributed by atoms with E-state index in [-0.39, 0.29) is 5.78 Å². The molecule has 0 saturated heterocycles. The van der Waals surface area contributed by atoms with Crippen molar-refractivity contribution in [2.24, 2.45) is 0 Å². The van der Waals surface area contributed by atoms with E-state index >= 15 is 0 Å². The number of hydrogen-bond acceptors (Lipinski definition) is 1. The lowest BCUT2D eigenvalue weighted by molar-refractivity contribution is 0.0992. The first kappa shape index (κ1) is 11.6. The highest BCUT2D eigenvalue weighted by atomic mass is 16.1. The summed E-state index contributed by atoms with van der Waals surface area (Å²) in [4.78, 5) is 12.0. The number of rotatable bonds is 4. The molecule has 0 aliphatic rings. The molecule has 0 aliphatic heterocycles. The van der Waals surface area contributed by atoms with Crippen LogP contribution in [0.3, 0.4) is 0 Å². The Labute approximate surface area is 102 Å². The Bertz CT molecular complexity index is 567. The number of allylic oxidation sites excluding steroid dienone is 1. The van der Waals surface area contributed by atoms with Crippen LogP contribution in [-0.2, 0) is 0 Å². The van der Waals surface area contributed by atoms with E-state index in [1.54, 1.807) is 0 Å². The van der Waals surface area contributed by atoms with Gasteiger partial charge in [0.05, 0.1) is 0 Å². The summed E-state index contributed by atoms with van der Waals surface area (Å²) in [7, 11) is 0. The van der Waals surface area contributed by atoms with Gasteiger partial charge in [-0.3, -0.25) is 4.79 Å². The van der Waals surface area contributed by atoms with Crippen molar-refractivity contribution in [2.75, 3.05) is 0 Å². The Balaban J connectivity index is 2.30. The normalized spacial score (nSPS) is 10.4. The van der Waals surface area contributed by atoms with Gasteiger partial charge in [-0.25, -0.2) is 0 Å². The Morgan fingerprint density at radius 2 is 1.82 bits per heavy atom. The van der Waals surface area contributed by atoms with Crippen LogP contribution in [0.2, 0.25) is 0 Å². The quantitative estimate of drug-likeness (QED) is 0.556. The molecule has 0 aromatic heterocycles. The number of carbonyl (C=O) groups excluding carboxylic acids is 1. The van der Waals surface area contributed by atoms with Crippen LogP contribution < -0.4 is 0 Å². The first-order valence-corrected chi connectivity index (χ1v) is 5.89. The molecule has 1 nitrogen and oxygen atoms in total. The summed E-state index contributed by atoms with van der Waals surface area (Å²) >= 11 is 0. The smallest absolute Gasteiger partial charge is 0.166 e. The molecule has 0 atom stereocenters. The molecule has 0 N–H and O–H groups in total. The van der Waals surface area contributed by atoms with Crippen LogP contribution in [0.4, 0.5) is 0 Å². The van der Waals surface area contributed by atoms with Gasteiger partial charge in [0.15, 0.2) is 5.78 Å². The second-order valence-corrected chi connectivity index (χ2v) is 4.27. The Kier molecular flexibility index (Phi) is 3.38. The number of carbonyl (C=O) groups is 1. The highest BCUT2D eigenvalue weighted by Gasteiger charge is 2.07. The van der Waals surface area contributed by atoms with Gasteiger partial charge in [0.25, 0.3) is 0 Å². The molecule has 0 spiro atoms. The van der Waals surface area contributed by atoms with Gasteiger partial charge < -0.3 is 0 Å². The Morgan fingerprint density at radius 3 is 2.53 bits per heavy atom. The molecule has 0 unspecified atom stereocenters. The van der Waals surface area contributed by atoms with Crippen molar-refractivity contribution in [3.63, 3.8) is 0 Å². The number of fused-ring (bicyclic) bond motifs is 1. The summed E-state index contributed by atoms with van der Waals surface area (Å²) in [5.74, 6) is 0.155. The molecule has 2 aromatic rings. The molecule has 17 heavy (non-hydrogen) atoms. The van der Waals surface area contributed by atoms with Gasteiger partial charge in [-0.1, -0.05) is 55.5 Å². The van der Waals surface area contributed by atoms with Gasteiger partial charge in [0, 0.05) is 12.0 Å². The molecule has 0 radical (unpaired) electrons. The SMILES string of the molecule is C=C(CC)CC(=O)c1ccc2ccccc2c1. The maximum absolute atomic E-state index is 12.0. The monoisotopic (exact) mass is 224 g/mol. The fourth-order valence-electron chi connectivity index (χ4n) is 1.82. The molecule has 86 valence electrons. The third kappa shape index (κ3) is 2.62. The molecule has 0 fully saturated rings. The fraction of sp³-hybridized carbons (Fsp3) is 0.188. The zero-order chi connectivity index (χ0) is 12.3. The summed E-state index contributed by atoms with van der Waals surface area (Å²) in [6.45, 7) is 5.90. The Hall–Kier alpha value is -1.89. The van der Waals surface area contributed by atoms with Crippen molar-refractivity contribution < 1.29 is 4.79 Å². The molecule has 2 aromatic carbocycles.